The van der Waals surface area contributed by atoms with Gasteiger partial charge in [0, 0.05) is 26.3 Å². The van der Waals surface area contributed by atoms with E-state index in [-0.39, 0.29) is 42.3 Å². The summed E-state index contributed by atoms with van der Waals surface area (Å²) >= 11 is 0. The lowest BCUT2D eigenvalue weighted by Crippen LogP contribution is -2.40. The van der Waals surface area contributed by atoms with Crippen molar-refractivity contribution in [1.29, 1.82) is 0 Å². The van der Waals surface area contributed by atoms with Crippen LogP contribution in [0.1, 0.15) is 22.3 Å². The number of halogens is 1. The molecule has 166 valence electrons. The van der Waals surface area contributed by atoms with Gasteiger partial charge in [0.05, 0.1) is 11.5 Å². The van der Waals surface area contributed by atoms with Gasteiger partial charge in [-0.2, -0.15) is 0 Å². The smallest absolute Gasteiger partial charge is 0.344 e. The molecule has 0 spiro atoms. The molecule has 0 saturated carbocycles. The van der Waals surface area contributed by atoms with Crippen LogP contribution >= 0.6 is 0 Å². The third-order valence-corrected chi connectivity index (χ3v) is 5.83. The number of carbonyl (C=O) groups is 1. The van der Waals surface area contributed by atoms with Gasteiger partial charge in [-0.05, 0) is 18.1 Å². The van der Waals surface area contributed by atoms with E-state index in [0.29, 0.717) is 18.5 Å². The van der Waals surface area contributed by atoms with E-state index in [4.69, 9.17) is 9.47 Å². The molecule has 1 fully saturated rings. The van der Waals surface area contributed by atoms with Crippen molar-refractivity contribution in [1.82, 2.24) is 4.68 Å². The second kappa shape index (κ2) is 7.83. The maximum atomic E-state index is 15.2. The maximum Gasteiger partial charge on any atom is 0.344 e. The van der Waals surface area contributed by atoms with Gasteiger partial charge >= 0.3 is 5.97 Å². The zero-order valence-corrected chi connectivity index (χ0v) is 17.5. The van der Waals surface area contributed by atoms with Crippen LogP contribution < -0.4 is 20.1 Å². The number of aliphatic hydroxyl groups is 1. The minimum absolute atomic E-state index is 0.0198. The molecule has 3 heterocycles. The van der Waals surface area contributed by atoms with Crippen LogP contribution in [0, 0.1) is 5.82 Å². The van der Waals surface area contributed by atoms with E-state index in [0.717, 1.165) is 11.6 Å². The molecule has 2 aliphatic rings. The SMILES string of the molecule is CN1COc2c(N3CCC(O)C3)c(F)cc3c(=O)c(C(=O)OCc4ccccc4)cn1c23. The van der Waals surface area contributed by atoms with Crippen molar-refractivity contribution in [3.63, 3.8) is 0 Å². The molecule has 1 unspecified atom stereocenters. The highest BCUT2D eigenvalue weighted by molar-refractivity contribution is 5.98. The van der Waals surface area contributed by atoms with Crippen LogP contribution in [-0.4, -0.2) is 48.7 Å². The average Bonchev–Trinajstić information content (AvgIpc) is 3.22. The molecule has 0 bridgehead atoms. The first-order valence-electron chi connectivity index (χ1n) is 10.3. The second-order valence-corrected chi connectivity index (χ2v) is 8.03. The lowest BCUT2D eigenvalue weighted by molar-refractivity contribution is 0.0470. The van der Waals surface area contributed by atoms with Crippen LogP contribution in [0.4, 0.5) is 10.1 Å². The molecule has 0 amide bonds. The molecule has 1 N–H and O–H groups in total. The largest absolute Gasteiger partial charge is 0.467 e. The number of anilines is 1. The minimum Gasteiger partial charge on any atom is -0.467 e. The Balaban J connectivity index is 1.60. The van der Waals surface area contributed by atoms with Gasteiger partial charge in [0.1, 0.15) is 23.4 Å². The van der Waals surface area contributed by atoms with Crippen molar-refractivity contribution in [3.8, 4) is 5.75 Å². The third kappa shape index (κ3) is 3.34. The number of ether oxygens (including phenoxy) is 2. The number of nitrogens with zero attached hydrogens (tertiary/aromatic N) is 3. The molecule has 0 radical (unpaired) electrons. The standard InChI is InChI=1S/C23H22FN3O5/c1-25-13-32-22-19-16(9-18(24)20(22)26-8-7-15(28)10-26)21(29)17(11-27(19)25)23(30)31-12-14-5-3-2-4-6-14/h2-6,9,11,15,28H,7-8,10,12-13H2,1H3. The van der Waals surface area contributed by atoms with E-state index in [1.54, 1.807) is 21.6 Å². The van der Waals surface area contributed by atoms with E-state index in [1.165, 1.54) is 6.20 Å². The summed E-state index contributed by atoms with van der Waals surface area (Å²) in [5.41, 5.74) is 0.577. The van der Waals surface area contributed by atoms with E-state index in [9.17, 15) is 14.7 Å². The lowest BCUT2D eigenvalue weighted by atomic mass is 10.1. The van der Waals surface area contributed by atoms with Gasteiger partial charge < -0.3 is 19.5 Å². The Labute approximate surface area is 183 Å². The summed E-state index contributed by atoms with van der Waals surface area (Å²) in [5.74, 6) is -1.18. The van der Waals surface area contributed by atoms with Crippen LogP contribution in [0.25, 0.3) is 10.9 Å². The molecule has 32 heavy (non-hydrogen) atoms. The van der Waals surface area contributed by atoms with Crippen molar-refractivity contribution in [2.75, 3.05) is 36.8 Å². The van der Waals surface area contributed by atoms with Gasteiger partial charge in [-0.3, -0.25) is 14.5 Å². The number of esters is 1. The summed E-state index contributed by atoms with van der Waals surface area (Å²) in [7, 11) is 1.73. The summed E-state index contributed by atoms with van der Waals surface area (Å²) in [4.78, 5) is 27.6. The van der Waals surface area contributed by atoms with Gasteiger partial charge in [-0.1, -0.05) is 30.3 Å². The monoisotopic (exact) mass is 439 g/mol. The quantitative estimate of drug-likeness (QED) is 0.623. The Hall–Kier alpha value is -3.59. The average molecular weight is 439 g/mol. The van der Waals surface area contributed by atoms with Gasteiger partial charge in [0.15, 0.2) is 18.3 Å². The molecule has 2 aliphatic heterocycles. The number of rotatable bonds is 4. The first-order chi connectivity index (χ1) is 15.4. The van der Waals surface area contributed by atoms with Crippen molar-refractivity contribution in [2.45, 2.75) is 19.1 Å². The Morgan fingerprint density at radius 1 is 1.31 bits per heavy atom. The van der Waals surface area contributed by atoms with Crippen LogP contribution in [0.5, 0.6) is 5.75 Å². The molecule has 1 atom stereocenters. The Kier molecular flexibility index (Phi) is 4.97. The topological polar surface area (TPSA) is 84.2 Å². The van der Waals surface area contributed by atoms with Gasteiger partial charge in [0.2, 0.25) is 5.43 Å². The highest BCUT2D eigenvalue weighted by Gasteiger charge is 2.32. The summed E-state index contributed by atoms with van der Waals surface area (Å²) in [6, 6.07) is 10.3. The first-order valence-corrected chi connectivity index (χ1v) is 10.3. The Morgan fingerprint density at radius 3 is 2.81 bits per heavy atom. The van der Waals surface area contributed by atoms with Crippen molar-refractivity contribution >= 4 is 22.6 Å². The molecule has 3 aromatic rings. The molecule has 2 aromatic carbocycles. The molecule has 8 nitrogen and oxygen atoms in total. The van der Waals surface area contributed by atoms with E-state index in [2.05, 4.69) is 0 Å². The summed E-state index contributed by atoms with van der Waals surface area (Å²) in [6.07, 6.45) is 1.38. The van der Waals surface area contributed by atoms with E-state index in [1.807, 2.05) is 30.3 Å². The Morgan fingerprint density at radius 2 is 2.09 bits per heavy atom. The number of benzene rings is 2. The predicted octanol–water partition coefficient (Wildman–Crippen LogP) is 1.99. The zero-order valence-electron chi connectivity index (χ0n) is 17.5. The molecule has 9 heteroatoms. The van der Waals surface area contributed by atoms with Gasteiger partial charge in [0.25, 0.3) is 0 Å². The summed E-state index contributed by atoms with van der Waals surface area (Å²) < 4.78 is 28.0. The molecule has 5 rings (SSSR count). The van der Waals surface area contributed by atoms with Crippen molar-refractivity contribution in [3.05, 3.63) is 69.8 Å². The van der Waals surface area contributed by atoms with Gasteiger partial charge in [-0.25, -0.2) is 9.18 Å². The van der Waals surface area contributed by atoms with E-state index >= 15 is 4.39 Å². The lowest BCUT2D eigenvalue weighted by Gasteiger charge is -2.33. The Bertz CT molecular complexity index is 1260. The molecular formula is C23H22FN3O5. The number of aliphatic hydroxyl groups excluding tert-OH is 1. The fraction of sp³-hybridized carbons (Fsp3) is 0.304. The number of pyridine rings is 1. The van der Waals surface area contributed by atoms with Gasteiger partial charge in [-0.15, -0.1) is 0 Å². The second-order valence-electron chi connectivity index (χ2n) is 8.03. The number of β-amino-alcohol motifs (C(OH)–C–C–N with tert-alkyl or cyclic N) is 1. The molecular weight excluding hydrogens is 417 g/mol. The highest BCUT2D eigenvalue weighted by Crippen LogP contribution is 2.41. The molecule has 1 aromatic heterocycles. The van der Waals surface area contributed by atoms with Crippen LogP contribution in [0.3, 0.4) is 0 Å². The number of hydrogen-bond acceptors (Lipinski definition) is 7. The first kappa shape index (κ1) is 20.3. The van der Waals surface area contributed by atoms with Crippen molar-refractivity contribution in [2.24, 2.45) is 0 Å². The minimum atomic E-state index is -0.780. The van der Waals surface area contributed by atoms with Crippen LogP contribution in [-0.2, 0) is 11.3 Å². The fourth-order valence-electron chi connectivity index (χ4n) is 4.21. The highest BCUT2D eigenvalue weighted by atomic mass is 19.1. The normalized spacial score (nSPS) is 17.5. The zero-order chi connectivity index (χ0) is 22.4. The van der Waals surface area contributed by atoms with Crippen LogP contribution in [0.2, 0.25) is 0 Å². The summed E-state index contributed by atoms with van der Waals surface area (Å²) in [6.45, 7) is 0.870. The molecule has 1 saturated heterocycles. The summed E-state index contributed by atoms with van der Waals surface area (Å²) in [5, 5.41) is 11.6. The van der Waals surface area contributed by atoms with Crippen molar-refractivity contribution < 1.29 is 23.8 Å². The number of carbonyl (C=O) groups excluding carboxylic acids is 1. The predicted molar refractivity (Wildman–Crippen MR) is 116 cm³/mol. The molecule has 0 aliphatic carbocycles. The van der Waals surface area contributed by atoms with Crippen LogP contribution in [0.15, 0.2) is 47.4 Å². The third-order valence-electron chi connectivity index (χ3n) is 5.83. The van der Waals surface area contributed by atoms with E-state index < -0.39 is 23.3 Å². The number of aromatic nitrogens is 1. The number of hydrogen-bond donors (Lipinski definition) is 1. The maximum absolute atomic E-state index is 15.2. The fourth-order valence-corrected chi connectivity index (χ4v) is 4.21.